The van der Waals surface area contributed by atoms with Crippen molar-refractivity contribution in [3.63, 3.8) is 0 Å². The van der Waals surface area contributed by atoms with Gasteiger partial charge in [-0.3, -0.25) is 0 Å². The molecule has 0 spiro atoms. The normalized spacial score (nSPS) is 25.5. The van der Waals surface area contributed by atoms with Crippen LogP contribution in [0.2, 0.25) is 0 Å². The zero-order valence-electron chi connectivity index (χ0n) is 8.21. The number of hydrogen-bond acceptors (Lipinski definition) is 1. The van der Waals surface area contributed by atoms with Crippen LogP contribution in [-0.4, -0.2) is 5.11 Å². The molecular formula is C12H12F2O. The van der Waals surface area contributed by atoms with Crippen LogP contribution < -0.4 is 0 Å². The first kappa shape index (κ1) is 10.3. The van der Waals surface area contributed by atoms with Crippen LogP contribution in [-0.2, 0) is 5.60 Å². The molecule has 0 radical (unpaired) electrons. The fraction of sp³-hybridized carbons (Fsp3) is 0.333. The number of hydrogen-bond donors (Lipinski definition) is 1. The van der Waals surface area contributed by atoms with E-state index in [0.717, 1.165) is 31.0 Å². The Labute approximate surface area is 87.1 Å². The van der Waals surface area contributed by atoms with Crippen molar-refractivity contribution >= 4 is 0 Å². The summed E-state index contributed by atoms with van der Waals surface area (Å²) in [5.41, 5.74) is -1.32. The Morgan fingerprint density at radius 1 is 1.27 bits per heavy atom. The fourth-order valence-electron chi connectivity index (χ4n) is 1.90. The molecule has 1 aliphatic rings. The summed E-state index contributed by atoms with van der Waals surface area (Å²) < 4.78 is 26.4. The third-order valence-electron chi connectivity index (χ3n) is 2.72. The molecule has 0 aliphatic heterocycles. The van der Waals surface area contributed by atoms with Crippen LogP contribution in [0.15, 0.2) is 30.4 Å². The summed E-state index contributed by atoms with van der Waals surface area (Å²) in [4.78, 5) is 0. The van der Waals surface area contributed by atoms with Crippen molar-refractivity contribution in [1.82, 2.24) is 0 Å². The van der Waals surface area contributed by atoms with Gasteiger partial charge in [0.2, 0.25) is 0 Å². The van der Waals surface area contributed by atoms with E-state index in [1.54, 1.807) is 12.2 Å². The second kappa shape index (κ2) is 3.74. The Balaban J connectivity index is 2.47. The fourth-order valence-corrected chi connectivity index (χ4v) is 1.90. The van der Waals surface area contributed by atoms with Gasteiger partial charge in [0.25, 0.3) is 0 Å². The standard InChI is InChI=1S/C12H12F2O/c13-9-4-5-11(14)10(8-9)12(15)6-2-1-3-7-12/h2,4-6,8,15H,1,3,7H2. The summed E-state index contributed by atoms with van der Waals surface area (Å²) in [6.07, 6.45) is 5.44. The van der Waals surface area contributed by atoms with Crippen molar-refractivity contribution in [3.05, 3.63) is 47.5 Å². The number of rotatable bonds is 1. The molecular weight excluding hydrogens is 198 g/mol. The number of halogens is 2. The minimum absolute atomic E-state index is 0.0263. The largest absolute Gasteiger partial charge is 0.381 e. The van der Waals surface area contributed by atoms with Gasteiger partial charge in [-0.05, 0) is 37.5 Å². The maximum atomic E-state index is 13.4. The third-order valence-corrected chi connectivity index (χ3v) is 2.72. The van der Waals surface area contributed by atoms with E-state index in [1.165, 1.54) is 0 Å². The van der Waals surface area contributed by atoms with Crippen molar-refractivity contribution < 1.29 is 13.9 Å². The zero-order valence-corrected chi connectivity index (χ0v) is 8.21. The van der Waals surface area contributed by atoms with E-state index in [0.29, 0.717) is 6.42 Å². The topological polar surface area (TPSA) is 20.2 Å². The highest BCUT2D eigenvalue weighted by Gasteiger charge is 2.30. The lowest BCUT2D eigenvalue weighted by atomic mass is 9.84. The van der Waals surface area contributed by atoms with Gasteiger partial charge in [0, 0.05) is 5.56 Å². The lowest BCUT2D eigenvalue weighted by Crippen LogP contribution is -2.26. The summed E-state index contributed by atoms with van der Waals surface area (Å²) in [6.45, 7) is 0. The van der Waals surface area contributed by atoms with Crippen LogP contribution in [0.25, 0.3) is 0 Å². The van der Waals surface area contributed by atoms with Crippen molar-refractivity contribution in [2.45, 2.75) is 24.9 Å². The first-order valence-corrected chi connectivity index (χ1v) is 4.97. The molecule has 1 nitrogen and oxygen atoms in total. The number of aliphatic hydroxyl groups is 1. The lowest BCUT2D eigenvalue weighted by Gasteiger charge is -2.28. The quantitative estimate of drug-likeness (QED) is 0.706. The Morgan fingerprint density at radius 2 is 2.07 bits per heavy atom. The van der Waals surface area contributed by atoms with E-state index in [4.69, 9.17) is 0 Å². The highest BCUT2D eigenvalue weighted by atomic mass is 19.1. The van der Waals surface area contributed by atoms with Gasteiger partial charge in [-0.15, -0.1) is 0 Å². The van der Waals surface area contributed by atoms with E-state index in [9.17, 15) is 13.9 Å². The minimum Gasteiger partial charge on any atom is -0.381 e. The van der Waals surface area contributed by atoms with E-state index >= 15 is 0 Å². The molecule has 15 heavy (non-hydrogen) atoms. The molecule has 1 aromatic carbocycles. The summed E-state index contributed by atoms with van der Waals surface area (Å²) in [6, 6.07) is 3.16. The first-order valence-electron chi connectivity index (χ1n) is 4.97. The van der Waals surface area contributed by atoms with Crippen LogP contribution in [0, 0.1) is 11.6 Å². The molecule has 2 rings (SSSR count). The van der Waals surface area contributed by atoms with Gasteiger partial charge in [0.05, 0.1) is 0 Å². The molecule has 0 heterocycles. The van der Waals surface area contributed by atoms with Crippen LogP contribution in [0.1, 0.15) is 24.8 Å². The van der Waals surface area contributed by atoms with Crippen LogP contribution in [0.3, 0.4) is 0 Å². The zero-order chi connectivity index (χ0) is 10.9. The maximum Gasteiger partial charge on any atom is 0.129 e. The Morgan fingerprint density at radius 3 is 2.73 bits per heavy atom. The molecule has 0 saturated heterocycles. The molecule has 0 amide bonds. The van der Waals surface area contributed by atoms with Crippen molar-refractivity contribution in [1.29, 1.82) is 0 Å². The molecule has 3 heteroatoms. The van der Waals surface area contributed by atoms with Gasteiger partial charge in [-0.1, -0.05) is 12.2 Å². The molecule has 80 valence electrons. The average Bonchev–Trinajstić information content (AvgIpc) is 2.23. The summed E-state index contributed by atoms with van der Waals surface area (Å²) in [7, 11) is 0. The Hall–Kier alpha value is -1.22. The van der Waals surface area contributed by atoms with Crippen LogP contribution >= 0.6 is 0 Å². The molecule has 0 bridgehead atoms. The van der Waals surface area contributed by atoms with Gasteiger partial charge < -0.3 is 5.11 Å². The molecule has 0 aromatic heterocycles. The highest BCUT2D eigenvalue weighted by molar-refractivity contribution is 5.30. The number of allylic oxidation sites excluding steroid dienone is 1. The second-order valence-corrected chi connectivity index (χ2v) is 3.84. The van der Waals surface area contributed by atoms with Crippen LogP contribution in [0.5, 0.6) is 0 Å². The molecule has 1 aromatic rings. The van der Waals surface area contributed by atoms with Crippen molar-refractivity contribution in [2.24, 2.45) is 0 Å². The third kappa shape index (κ3) is 1.92. The van der Waals surface area contributed by atoms with Gasteiger partial charge in [0.1, 0.15) is 17.2 Å². The summed E-state index contributed by atoms with van der Waals surface area (Å²) >= 11 is 0. The van der Waals surface area contributed by atoms with E-state index in [2.05, 4.69) is 0 Å². The minimum atomic E-state index is -1.34. The summed E-state index contributed by atoms with van der Waals surface area (Å²) in [5, 5.41) is 10.2. The summed E-state index contributed by atoms with van der Waals surface area (Å²) in [5.74, 6) is -1.09. The molecule has 1 aliphatic carbocycles. The molecule has 0 saturated carbocycles. The predicted octanol–water partition coefficient (Wildman–Crippen LogP) is 2.89. The Kier molecular flexibility index (Phi) is 2.57. The lowest BCUT2D eigenvalue weighted by molar-refractivity contribution is 0.0684. The second-order valence-electron chi connectivity index (χ2n) is 3.84. The van der Waals surface area contributed by atoms with Gasteiger partial charge in [-0.25, -0.2) is 8.78 Å². The van der Waals surface area contributed by atoms with E-state index in [1.807, 2.05) is 0 Å². The Bertz CT molecular complexity index is 401. The first-order chi connectivity index (χ1) is 7.12. The molecule has 1 N–H and O–H groups in total. The number of benzene rings is 1. The van der Waals surface area contributed by atoms with Crippen molar-refractivity contribution in [3.8, 4) is 0 Å². The van der Waals surface area contributed by atoms with E-state index < -0.39 is 17.2 Å². The van der Waals surface area contributed by atoms with Crippen LogP contribution in [0.4, 0.5) is 8.78 Å². The molecule has 1 unspecified atom stereocenters. The monoisotopic (exact) mass is 210 g/mol. The van der Waals surface area contributed by atoms with Crippen molar-refractivity contribution in [2.75, 3.05) is 0 Å². The maximum absolute atomic E-state index is 13.4. The predicted molar refractivity (Wildman–Crippen MR) is 53.2 cm³/mol. The highest BCUT2D eigenvalue weighted by Crippen LogP contribution is 2.34. The SMILES string of the molecule is OC1(c2cc(F)ccc2F)C=CCCC1. The molecule has 0 fully saturated rings. The van der Waals surface area contributed by atoms with Gasteiger partial charge >= 0.3 is 0 Å². The molecule has 1 atom stereocenters. The van der Waals surface area contributed by atoms with E-state index in [-0.39, 0.29) is 5.56 Å². The van der Waals surface area contributed by atoms with Gasteiger partial charge in [-0.2, -0.15) is 0 Å². The van der Waals surface area contributed by atoms with Gasteiger partial charge in [0.15, 0.2) is 0 Å². The average molecular weight is 210 g/mol. The smallest absolute Gasteiger partial charge is 0.129 e.